The Kier molecular flexibility index (Phi) is 7.89. The second-order valence-corrected chi connectivity index (χ2v) is 8.40. The Morgan fingerprint density at radius 2 is 1.67 bits per heavy atom. The van der Waals surface area contributed by atoms with Gasteiger partial charge >= 0.3 is 5.97 Å². The minimum atomic E-state index is -0.479. The molecule has 3 aromatic rings. The Morgan fingerprint density at radius 1 is 1.00 bits per heavy atom. The molecule has 1 heterocycles. The number of hydrogen-bond donors (Lipinski definition) is 0. The van der Waals surface area contributed by atoms with Crippen LogP contribution in [0.15, 0.2) is 69.9 Å². The summed E-state index contributed by atoms with van der Waals surface area (Å²) in [6, 6.07) is 14.8. The molecular formula is C24H25BrN4O4. The van der Waals surface area contributed by atoms with E-state index in [1.165, 1.54) is 7.11 Å². The molecule has 33 heavy (non-hydrogen) atoms. The molecule has 1 aromatic heterocycles. The van der Waals surface area contributed by atoms with Gasteiger partial charge < -0.3 is 23.8 Å². The van der Waals surface area contributed by atoms with Crippen molar-refractivity contribution in [3.63, 3.8) is 0 Å². The Hall–Kier alpha value is -3.59. The average molecular weight is 513 g/mol. The van der Waals surface area contributed by atoms with E-state index in [4.69, 9.17) is 14.0 Å². The van der Waals surface area contributed by atoms with Crippen LogP contribution in [0, 0.1) is 0 Å². The van der Waals surface area contributed by atoms with Gasteiger partial charge in [0.15, 0.2) is 0 Å². The quantitative estimate of drug-likeness (QED) is 0.247. The van der Waals surface area contributed by atoms with E-state index in [0.29, 0.717) is 28.5 Å². The molecule has 0 fully saturated rings. The van der Waals surface area contributed by atoms with Crippen molar-refractivity contribution in [2.45, 2.75) is 0 Å². The van der Waals surface area contributed by atoms with Crippen molar-refractivity contribution in [1.29, 1.82) is 0 Å². The molecule has 0 spiro atoms. The highest BCUT2D eigenvalue weighted by molar-refractivity contribution is 9.10. The van der Waals surface area contributed by atoms with Crippen LogP contribution in [0.2, 0.25) is 0 Å². The van der Waals surface area contributed by atoms with Gasteiger partial charge in [0.1, 0.15) is 5.75 Å². The average Bonchev–Trinajstić information content (AvgIpc) is 3.27. The molecule has 0 aliphatic carbocycles. The lowest BCUT2D eigenvalue weighted by molar-refractivity contribution is -0.133. The van der Waals surface area contributed by atoms with Gasteiger partial charge in [-0.2, -0.15) is 4.98 Å². The lowest BCUT2D eigenvalue weighted by atomic mass is 10.1. The van der Waals surface area contributed by atoms with Gasteiger partial charge in [-0.15, -0.1) is 0 Å². The molecule has 0 saturated heterocycles. The molecule has 0 saturated carbocycles. The fourth-order valence-electron chi connectivity index (χ4n) is 2.90. The number of carbonyl (C=O) groups is 1. The second-order valence-electron chi connectivity index (χ2n) is 7.48. The van der Waals surface area contributed by atoms with Crippen molar-refractivity contribution < 1.29 is 18.8 Å². The molecule has 172 valence electrons. The summed E-state index contributed by atoms with van der Waals surface area (Å²) in [4.78, 5) is 20.6. The van der Waals surface area contributed by atoms with Crippen LogP contribution >= 0.6 is 15.9 Å². The fraction of sp³-hybridized carbons (Fsp3) is 0.208. The predicted molar refractivity (Wildman–Crippen MR) is 130 cm³/mol. The molecular weight excluding hydrogens is 488 g/mol. The third-order valence-corrected chi connectivity index (χ3v) is 4.83. The summed E-state index contributed by atoms with van der Waals surface area (Å²) in [7, 11) is 8.70. The Balaban J connectivity index is 2.01. The Labute approximate surface area is 201 Å². The van der Waals surface area contributed by atoms with E-state index < -0.39 is 5.97 Å². The van der Waals surface area contributed by atoms with Crippen LogP contribution in [-0.4, -0.2) is 61.2 Å². The summed E-state index contributed by atoms with van der Waals surface area (Å²) in [6.45, 7) is 0. The molecule has 3 rings (SSSR count). The first-order chi connectivity index (χ1) is 15.8. The fourth-order valence-corrected chi connectivity index (χ4v) is 3.16. The number of carbonyl (C=O) groups excluding carboxylic acids is 1. The molecule has 0 atom stereocenters. The van der Waals surface area contributed by atoms with Gasteiger partial charge in [-0.25, -0.2) is 4.79 Å². The minimum absolute atomic E-state index is 0.202. The van der Waals surface area contributed by atoms with E-state index >= 15 is 0 Å². The van der Waals surface area contributed by atoms with Crippen LogP contribution < -0.4 is 4.74 Å². The molecule has 2 aromatic carbocycles. The van der Waals surface area contributed by atoms with Crippen molar-refractivity contribution >= 4 is 33.2 Å². The SMILES string of the molecule is COC(=O)/C(=C/N(C)C)c1ccccc1O/C(=C\N(C)C)c1nc(-c2ccc(Br)cc2)no1. The number of rotatable bonds is 8. The highest BCUT2D eigenvalue weighted by Gasteiger charge is 2.21. The lowest BCUT2D eigenvalue weighted by Crippen LogP contribution is -2.12. The smallest absolute Gasteiger partial charge is 0.340 e. The van der Waals surface area contributed by atoms with Gasteiger partial charge in [0.25, 0.3) is 5.89 Å². The number of hydrogen-bond acceptors (Lipinski definition) is 8. The third-order valence-electron chi connectivity index (χ3n) is 4.30. The molecule has 0 N–H and O–H groups in total. The number of benzene rings is 2. The summed E-state index contributed by atoms with van der Waals surface area (Å²) in [5, 5.41) is 4.09. The number of ether oxygens (including phenoxy) is 2. The van der Waals surface area contributed by atoms with Gasteiger partial charge in [0.05, 0.1) is 12.7 Å². The second kappa shape index (κ2) is 10.8. The maximum Gasteiger partial charge on any atom is 0.340 e. The topological polar surface area (TPSA) is 80.9 Å². The molecule has 0 aliphatic rings. The van der Waals surface area contributed by atoms with Crippen LogP contribution in [0.4, 0.5) is 0 Å². The largest absolute Gasteiger partial charge is 0.465 e. The van der Waals surface area contributed by atoms with Crippen molar-refractivity contribution in [3.8, 4) is 17.1 Å². The van der Waals surface area contributed by atoms with Crippen molar-refractivity contribution in [2.75, 3.05) is 35.3 Å². The summed E-state index contributed by atoms with van der Waals surface area (Å²) < 4.78 is 17.7. The van der Waals surface area contributed by atoms with Crippen LogP contribution in [0.5, 0.6) is 5.75 Å². The third kappa shape index (κ3) is 6.23. The van der Waals surface area contributed by atoms with Gasteiger partial charge in [-0.3, -0.25) is 0 Å². The normalized spacial score (nSPS) is 11.8. The van der Waals surface area contributed by atoms with E-state index in [9.17, 15) is 4.79 Å². The molecule has 9 heteroatoms. The molecule has 0 radical (unpaired) electrons. The van der Waals surface area contributed by atoms with Crippen molar-refractivity contribution in [2.24, 2.45) is 0 Å². The zero-order valence-corrected chi connectivity index (χ0v) is 20.7. The monoisotopic (exact) mass is 512 g/mol. The van der Waals surface area contributed by atoms with Crippen LogP contribution in [0.3, 0.4) is 0 Å². The number of methoxy groups -OCH3 is 1. The first-order valence-corrected chi connectivity index (χ1v) is 10.8. The maximum absolute atomic E-state index is 12.5. The van der Waals surface area contributed by atoms with Crippen molar-refractivity contribution in [1.82, 2.24) is 19.9 Å². The van der Waals surface area contributed by atoms with Crippen LogP contribution in [0.25, 0.3) is 22.7 Å². The molecule has 0 bridgehead atoms. The van der Waals surface area contributed by atoms with E-state index in [1.54, 1.807) is 34.3 Å². The van der Waals surface area contributed by atoms with E-state index in [-0.39, 0.29) is 5.89 Å². The summed E-state index contributed by atoms with van der Waals surface area (Å²) in [5.41, 5.74) is 1.72. The van der Waals surface area contributed by atoms with E-state index in [2.05, 4.69) is 26.1 Å². The van der Waals surface area contributed by atoms with Gasteiger partial charge in [-0.05, 0) is 30.3 Å². The first-order valence-electron chi connectivity index (χ1n) is 10.0. The number of nitrogens with zero attached hydrogens (tertiary/aromatic N) is 4. The van der Waals surface area contributed by atoms with Gasteiger partial charge in [0, 0.05) is 56.2 Å². The number of aromatic nitrogens is 2. The molecule has 8 nitrogen and oxygen atoms in total. The Morgan fingerprint density at radius 3 is 2.30 bits per heavy atom. The minimum Gasteiger partial charge on any atom is -0.465 e. The standard InChI is InChI=1S/C24H25BrN4O4/c1-28(2)14-19(24(30)31-5)18-8-6-7-9-20(18)32-21(15-29(3)4)23-26-22(27-33-23)16-10-12-17(25)13-11-16/h6-15H,1-5H3/b19-14+,21-15-. The van der Waals surface area contributed by atoms with Crippen LogP contribution in [0.1, 0.15) is 11.5 Å². The summed E-state index contributed by atoms with van der Waals surface area (Å²) >= 11 is 3.42. The lowest BCUT2D eigenvalue weighted by Gasteiger charge is -2.16. The molecule has 0 amide bonds. The summed E-state index contributed by atoms with van der Waals surface area (Å²) in [6.07, 6.45) is 3.41. The van der Waals surface area contributed by atoms with Crippen LogP contribution in [-0.2, 0) is 9.53 Å². The maximum atomic E-state index is 12.5. The zero-order chi connectivity index (χ0) is 24.0. The highest BCUT2D eigenvalue weighted by Crippen LogP contribution is 2.31. The first kappa shape index (κ1) is 24.1. The van der Waals surface area contributed by atoms with E-state index in [1.807, 2.05) is 64.6 Å². The number of esters is 1. The number of halogens is 1. The summed E-state index contributed by atoms with van der Waals surface area (Å²) in [5.74, 6) is 0.924. The van der Waals surface area contributed by atoms with Crippen molar-refractivity contribution in [3.05, 3.63) is 76.9 Å². The van der Waals surface area contributed by atoms with Gasteiger partial charge in [0.2, 0.25) is 11.6 Å². The molecule has 0 aliphatic heterocycles. The Bertz CT molecular complexity index is 1170. The predicted octanol–water partition coefficient (Wildman–Crippen LogP) is 4.51. The molecule has 0 unspecified atom stereocenters. The highest BCUT2D eigenvalue weighted by atomic mass is 79.9. The zero-order valence-electron chi connectivity index (χ0n) is 19.1. The van der Waals surface area contributed by atoms with Gasteiger partial charge in [-0.1, -0.05) is 39.3 Å². The van der Waals surface area contributed by atoms with E-state index in [0.717, 1.165) is 10.0 Å². The number of para-hydroxylation sites is 1.